The lowest BCUT2D eigenvalue weighted by atomic mass is 10.0. The van der Waals surface area contributed by atoms with Gasteiger partial charge < -0.3 is 25.8 Å². The smallest absolute Gasteiger partial charge is 0.408 e. The number of benzene rings is 1. The average molecular weight is 448 g/mol. The molecule has 1 aromatic carbocycles. The second kappa shape index (κ2) is 13.1. The molecule has 9 heteroatoms. The quantitative estimate of drug-likeness (QED) is 0.350. The Kier molecular flexibility index (Phi) is 11.0. The minimum atomic E-state index is -0.945. The van der Waals surface area contributed by atoms with Crippen LogP contribution in [0.25, 0.3) is 0 Å². The van der Waals surface area contributed by atoms with Crippen molar-refractivity contribution in [1.82, 2.24) is 10.6 Å². The van der Waals surface area contributed by atoms with Crippen molar-refractivity contribution in [1.29, 1.82) is 0 Å². The van der Waals surface area contributed by atoms with E-state index in [0.717, 1.165) is 5.56 Å². The molecule has 0 fully saturated rings. The van der Waals surface area contributed by atoms with E-state index in [-0.39, 0.29) is 25.9 Å². The molecule has 0 spiro atoms. The zero-order valence-corrected chi connectivity index (χ0v) is 19.1. The summed E-state index contributed by atoms with van der Waals surface area (Å²) in [6.07, 6.45) is 2.29. The van der Waals surface area contributed by atoms with E-state index >= 15 is 0 Å². The van der Waals surface area contributed by atoms with E-state index in [1.165, 1.54) is 12.2 Å². The summed E-state index contributed by atoms with van der Waals surface area (Å²) >= 11 is 0. The summed E-state index contributed by atoms with van der Waals surface area (Å²) in [5, 5.41) is 5.34. The van der Waals surface area contributed by atoms with Gasteiger partial charge in [-0.25, -0.2) is 9.59 Å². The fourth-order valence-corrected chi connectivity index (χ4v) is 2.69. The molecule has 1 aromatic rings. The van der Waals surface area contributed by atoms with Crippen LogP contribution in [0.4, 0.5) is 4.79 Å². The predicted octanol–water partition coefficient (Wildman–Crippen LogP) is 1.99. The third-order valence-electron chi connectivity index (χ3n) is 4.07. The van der Waals surface area contributed by atoms with Gasteiger partial charge in [0.1, 0.15) is 11.6 Å². The molecule has 32 heavy (non-hydrogen) atoms. The van der Waals surface area contributed by atoms with Crippen molar-refractivity contribution < 1.29 is 28.7 Å². The Morgan fingerprint density at radius 3 is 2.31 bits per heavy atom. The molecule has 0 aliphatic carbocycles. The van der Waals surface area contributed by atoms with Crippen LogP contribution in [0.2, 0.25) is 0 Å². The topological polar surface area (TPSA) is 137 Å². The standard InChI is InChI=1S/C23H33N3O6/c1-5-31-20(28)14-12-17(11-13-19(24)27)25-21(29)18(15-16-9-7-6-8-10-16)26-22(30)32-23(2,3)4/h6-10,12,14,17-18H,5,11,13,15H2,1-4H3,(H2,24,27)(H,25,29)(H,26,30)/b14-12+. The first-order valence-corrected chi connectivity index (χ1v) is 10.5. The lowest BCUT2D eigenvalue weighted by Gasteiger charge is -2.25. The highest BCUT2D eigenvalue weighted by Crippen LogP contribution is 2.09. The first-order chi connectivity index (χ1) is 15.0. The molecular weight excluding hydrogens is 414 g/mol. The van der Waals surface area contributed by atoms with E-state index in [0.29, 0.717) is 0 Å². The van der Waals surface area contributed by atoms with Crippen LogP contribution < -0.4 is 16.4 Å². The Morgan fingerprint density at radius 1 is 1.09 bits per heavy atom. The maximum Gasteiger partial charge on any atom is 0.408 e. The van der Waals surface area contributed by atoms with Crippen molar-refractivity contribution in [2.75, 3.05) is 6.61 Å². The number of hydrogen-bond donors (Lipinski definition) is 3. The summed E-state index contributed by atoms with van der Waals surface area (Å²) in [6, 6.07) is 7.56. The fraction of sp³-hybridized carbons (Fsp3) is 0.478. The Balaban J connectivity index is 2.99. The predicted molar refractivity (Wildman–Crippen MR) is 119 cm³/mol. The highest BCUT2D eigenvalue weighted by molar-refractivity contribution is 5.87. The van der Waals surface area contributed by atoms with Gasteiger partial charge >= 0.3 is 12.1 Å². The van der Waals surface area contributed by atoms with Crippen molar-refractivity contribution in [3.8, 4) is 0 Å². The van der Waals surface area contributed by atoms with Crippen LogP contribution in [0, 0.1) is 0 Å². The van der Waals surface area contributed by atoms with E-state index in [4.69, 9.17) is 15.2 Å². The summed E-state index contributed by atoms with van der Waals surface area (Å²) < 4.78 is 10.1. The molecule has 0 aliphatic rings. The summed E-state index contributed by atoms with van der Waals surface area (Å²) in [7, 11) is 0. The van der Waals surface area contributed by atoms with Crippen molar-refractivity contribution in [2.45, 2.75) is 64.6 Å². The molecule has 0 saturated heterocycles. The summed E-state index contributed by atoms with van der Waals surface area (Å²) in [6.45, 7) is 7.05. The normalized spacial score (nSPS) is 13.1. The van der Waals surface area contributed by atoms with Crippen LogP contribution in [-0.4, -0.2) is 48.2 Å². The second-order valence-corrected chi connectivity index (χ2v) is 8.12. The van der Waals surface area contributed by atoms with E-state index in [1.807, 2.05) is 30.3 Å². The monoisotopic (exact) mass is 447 g/mol. The number of ether oxygens (including phenoxy) is 2. The third kappa shape index (κ3) is 11.7. The average Bonchev–Trinajstić information content (AvgIpc) is 2.69. The first kappa shape index (κ1) is 26.7. The van der Waals surface area contributed by atoms with E-state index in [9.17, 15) is 19.2 Å². The number of primary amides is 1. The number of carbonyl (C=O) groups is 4. The third-order valence-corrected chi connectivity index (χ3v) is 4.07. The van der Waals surface area contributed by atoms with Gasteiger partial charge in [-0.05, 0) is 39.7 Å². The van der Waals surface area contributed by atoms with Crippen LogP contribution in [0.15, 0.2) is 42.5 Å². The highest BCUT2D eigenvalue weighted by atomic mass is 16.6. The van der Waals surface area contributed by atoms with E-state index in [1.54, 1.807) is 27.7 Å². The molecule has 0 aliphatic heterocycles. The van der Waals surface area contributed by atoms with E-state index < -0.39 is 41.6 Å². The molecule has 0 bridgehead atoms. The zero-order chi connectivity index (χ0) is 24.1. The molecule has 1 rings (SSSR count). The van der Waals surface area contributed by atoms with Crippen LogP contribution in [0.3, 0.4) is 0 Å². The molecule has 176 valence electrons. The van der Waals surface area contributed by atoms with Gasteiger partial charge in [0.2, 0.25) is 11.8 Å². The van der Waals surface area contributed by atoms with E-state index in [2.05, 4.69) is 10.6 Å². The molecule has 2 unspecified atom stereocenters. The largest absolute Gasteiger partial charge is 0.463 e. The molecule has 0 aromatic heterocycles. The molecule has 0 heterocycles. The van der Waals surface area contributed by atoms with Crippen molar-refractivity contribution in [3.05, 3.63) is 48.0 Å². The minimum Gasteiger partial charge on any atom is -0.463 e. The number of amides is 3. The number of nitrogens with two attached hydrogens (primary N) is 1. The van der Waals surface area contributed by atoms with Crippen LogP contribution in [0.5, 0.6) is 0 Å². The van der Waals surface area contributed by atoms with Gasteiger partial charge in [-0.3, -0.25) is 9.59 Å². The number of rotatable bonds is 11. The summed E-state index contributed by atoms with van der Waals surface area (Å²) in [4.78, 5) is 48.2. The molecule has 4 N–H and O–H groups in total. The molecule has 0 radical (unpaired) electrons. The van der Waals surface area contributed by atoms with Crippen molar-refractivity contribution in [2.24, 2.45) is 5.73 Å². The fourth-order valence-electron chi connectivity index (χ4n) is 2.69. The Bertz CT molecular complexity index is 802. The van der Waals surface area contributed by atoms with Gasteiger partial charge in [0.15, 0.2) is 0 Å². The SMILES string of the molecule is CCOC(=O)/C=C/C(CCC(N)=O)NC(=O)C(Cc1ccccc1)NC(=O)OC(C)(C)C. The van der Waals surface area contributed by atoms with Crippen LogP contribution in [-0.2, 0) is 30.3 Å². The summed E-state index contributed by atoms with van der Waals surface area (Å²) in [5.41, 5.74) is 5.32. The minimum absolute atomic E-state index is 0.000951. The van der Waals surface area contributed by atoms with Gasteiger partial charge in [0, 0.05) is 25.0 Å². The van der Waals surface area contributed by atoms with Crippen molar-refractivity contribution in [3.63, 3.8) is 0 Å². The van der Waals surface area contributed by atoms with Gasteiger partial charge in [0.05, 0.1) is 6.61 Å². The Hall–Kier alpha value is -3.36. The zero-order valence-electron chi connectivity index (χ0n) is 19.1. The molecular formula is C23H33N3O6. The maximum absolute atomic E-state index is 13.0. The Labute approximate surface area is 188 Å². The van der Waals surface area contributed by atoms with Crippen LogP contribution >= 0.6 is 0 Å². The first-order valence-electron chi connectivity index (χ1n) is 10.5. The van der Waals surface area contributed by atoms with Gasteiger partial charge in [-0.1, -0.05) is 36.4 Å². The molecule has 9 nitrogen and oxygen atoms in total. The molecule has 3 amide bonds. The number of esters is 1. The lowest BCUT2D eigenvalue weighted by Crippen LogP contribution is -2.51. The number of alkyl carbamates (subject to hydrolysis) is 1. The van der Waals surface area contributed by atoms with Crippen molar-refractivity contribution >= 4 is 23.9 Å². The molecule has 2 atom stereocenters. The number of nitrogens with one attached hydrogen (secondary N) is 2. The number of carbonyl (C=O) groups excluding carboxylic acids is 4. The van der Waals surface area contributed by atoms with Gasteiger partial charge in [0.25, 0.3) is 0 Å². The molecule has 0 saturated carbocycles. The number of hydrogen-bond acceptors (Lipinski definition) is 6. The lowest BCUT2D eigenvalue weighted by molar-refractivity contribution is -0.137. The van der Waals surface area contributed by atoms with Gasteiger partial charge in [-0.15, -0.1) is 0 Å². The van der Waals surface area contributed by atoms with Gasteiger partial charge in [-0.2, -0.15) is 0 Å². The van der Waals surface area contributed by atoms with Crippen LogP contribution in [0.1, 0.15) is 46.1 Å². The second-order valence-electron chi connectivity index (χ2n) is 8.12. The summed E-state index contributed by atoms with van der Waals surface area (Å²) in [5.74, 6) is -1.61. The Morgan fingerprint density at radius 2 is 1.75 bits per heavy atom. The maximum atomic E-state index is 13.0. The highest BCUT2D eigenvalue weighted by Gasteiger charge is 2.26.